The van der Waals surface area contributed by atoms with Crippen LogP contribution in [0.25, 0.3) is 0 Å². The van der Waals surface area contributed by atoms with Crippen LogP contribution in [0.4, 0.5) is 5.82 Å². The number of morpholine rings is 1. The zero-order chi connectivity index (χ0) is 9.97. The molecule has 1 aliphatic heterocycles. The highest BCUT2D eigenvalue weighted by molar-refractivity contribution is 5.38. The van der Waals surface area contributed by atoms with E-state index in [0.29, 0.717) is 0 Å². The highest BCUT2D eigenvalue weighted by Crippen LogP contribution is 2.16. The summed E-state index contributed by atoms with van der Waals surface area (Å²) in [5, 5.41) is 0. The Bertz CT molecular complexity index is 279. The van der Waals surface area contributed by atoms with Gasteiger partial charge in [-0.25, -0.2) is 4.98 Å². The number of hydrogen-bond acceptors (Lipinski definition) is 3. The summed E-state index contributed by atoms with van der Waals surface area (Å²) in [6.45, 7) is 6.03. The summed E-state index contributed by atoms with van der Waals surface area (Å²) in [5.41, 5.74) is 0. The second-order valence-electron chi connectivity index (χ2n) is 3.78. The highest BCUT2D eigenvalue weighted by atomic mass is 16.5. The second-order valence-corrected chi connectivity index (χ2v) is 3.78. The lowest BCUT2D eigenvalue weighted by Gasteiger charge is -2.35. The molecule has 2 rings (SSSR count). The summed E-state index contributed by atoms with van der Waals surface area (Å²) >= 11 is 0. The normalized spacial score (nSPS) is 27.7. The molecule has 1 aromatic heterocycles. The first-order chi connectivity index (χ1) is 6.75. The van der Waals surface area contributed by atoms with Crippen LogP contribution >= 0.6 is 0 Å². The summed E-state index contributed by atoms with van der Waals surface area (Å²) < 4.78 is 5.66. The van der Waals surface area contributed by atoms with Crippen LogP contribution in [0.15, 0.2) is 18.3 Å². The number of rotatable bonds is 1. The summed E-state index contributed by atoms with van der Waals surface area (Å²) in [6.07, 6.45) is 2.27. The van der Waals surface area contributed by atoms with Crippen LogP contribution in [-0.2, 0) is 4.74 Å². The van der Waals surface area contributed by atoms with Crippen LogP contribution in [0, 0.1) is 6.07 Å². The molecule has 0 spiro atoms. The molecule has 1 aliphatic rings. The first kappa shape index (κ1) is 9.46. The van der Waals surface area contributed by atoms with Crippen LogP contribution in [0.2, 0.25) is 0 Å². The van der Waals surface area contributed by atoms with Gasteiger partial charge in [0, 0.05) is 25.4 Å². The van der Waals surface area contributed by atoms with Crippen molar-refractivity contribution < 1.29 is 4.74 Å². The van der Waals surface area contributed by atoms with E-state index in [1.807, 2.05) is 12.1 Å². The molecule has 0 saturated carbocycles. The van der Waals surface area contributed by atoms with Gasteiger partial charge >= 0.3 is 0 Å². The van der Waals surface area contributed by atoms with E-state index >= 15 is 0 Å². The maximum absolute atomic E-state index is 5.66. The van der Waals surface area contributed by atoms with Crippen molar-refractivity contribution >= 4 is 5.82 Å². The van der Waals surface area contributed by atoms with E-state index in [4.69, 9.17) is 4.74 Å². The van der Waals surface area contributed by atoms with Gasteiger partial charge in [0.25, 0.3) is 0 Å². The number of nitrogens with zero attached hydrogens (tertiary/aromatic N) is 2. The van der Waals surface area contributed by atoms with Gasteiger partial charge in [0.05, 0.1) is 12.2 Å². The second kappa shape index (κ2) is 3.96. The Morgan fingerprint density at radius 2 is 2.14 bits per heavy atom. The van der Waals surface area contributed by atoms with Crippen molar-refractivity contribution in [3.05, 3.63) is 24.4 Å². The average Bonchev–Trinajstić information content (AvgIpc) is 2.18. The lowest BCUT2D eigenvalue weighted by molar-refractivity contribution is -0.00545. The van der Waals surface area contributed by atoms with Gasteiger partial charge in [-0.15, -0.1) is 0 Å². The largest absolute Gasteiger partial charge is 0.372 e. The van der Waals surface area contributed by atoms with E-state index in [9.17, 15) is 0 Å². The zero-order valence-electron chi connectivity index (χ0n) is 8.60. The first-order valence-electron chi connectivity index (χ1n) is 4.98. The number of pyridine rings is 1. The molecule has 0 aliphatic carbocycles. The molecule has 1 radical (unpaired) electrons. The standard InChI is InChI=1S/C11H15N2O/c1-9-7-13(8-10(2)14-9)11-5-3-4-6-12-11/h3,5-6,9-10H,7-8H2,1-2H3/t9-,10+. The Morgan fingerprint density at radius 3 is 2.71 bits per heavy atom. The molecule has 1 aromatic rings. The van der Waals surface area contributed by atoms with Gasteiger partial charge < -0.3 is 9.64 Å². The van der Waals surface area contributed by atoms with E-state index < -0.39 is 0 Å². The van der Waals surface area contributed by atoms with Crippen molar-refractivity contribution in [1.29, 1.82) is 0 Å². The van der Waals surface area contributed by atoms with E-state index in [-0.39, 0.29) is 12.2 Å². The molecule has 0 unspecified atom stereocenters. The lowest BCUT2D eigenvalue weighted by atomic mass is 10.2. The summed E-state index contributed by atoms with van der Waals surface area (Å²) in [6, 6.07) is 6.81. The molecule has 1 saturated heterocycles. The average molecular weight is 191 g/mol. The number of hydrogen-bond donors (Lipinski definition) is 0. The van der Waals surface area contributed by atoms with Gasteiger partial charge in [0.15, 0.2) is 0 Å². The third-order valence-corrected chi connectivity index (χ3v) is 2.34. The molecule has 0 N–H and O–H groups in total. The Morgan fingerprint density at radius 1 is 1.43 bits per heavy atom. The maximum Gasteiger partial charge on any atom is 0.128 e. The Labute approximate surface area is 84.7 Å². The number of ether oxygens (including phenoxy) is 1. The minimum absolute atomic E-state index is 0.282. The monoisotopic (exact) mass is 191 g/mol. The fraction of sp³-hybridized carbons (Fsp3) is 0.545. The SMILES string of the molecule is C[C@@H]1CN(c2cc[c]cn2)C[C@H](C)O1. The minimum atomic E-state index is 0.282. The van der Waals surface area contributed by atoms with Crippen molar-refractivity contribution in [2.24, 2.45) is 0 Å². The van der Waals surface area contributed by atoms with Crippen molar-refractivity contribution in [2.45, 2.75) is 26.1 Å². The van der Waals surface area contributed by atoms with E-state index in [1.54, 1.807) is 6.20 Å². The Balaban J connectivity index is 2.11. The van der Waals surface area contributed by atoms with E-state index in [0.717, 1.165) is 18.9 Å². The molecule has 0 bridgehead atoms. The van der Waals surface area contributed by atoms with Gasteiger partial charge in [-0.05, 0) is 26.0 Å². The Hall–Kier alpha value is -1.09. The summed E-state index contributed by atoms with van der Waals surface area (Å²) in [4.78, 5) is 6.54. The van der Waals surface area contributed by atoms with Gasteiger partial charge in [-0.1, -0.05) is 0 Å². The molecular weight excluding hydrogens is 176 g/mol. The van der Waals surface area contributed by atoms with Crippen molar-refractivity contribution in [3.8, 4) is 0 Å². The summed E-state index contributed by atoms with van der Waals surface area (Å²) in [7, 11) is 0. The van der Waals surface area contributed by atoms with E-state index in [1.165, 1.54) is 0 Å². The van der Waals surface area contributed by atoms with Crippen LogP contribution in [0.3, 0.4) is 0 Å². The van der Waals surface area contributed by atoms with Crippen molar-refractivity contribution in [3.63, 3.8) is 0 Å². The van der Waals surface area contributed by atoms with Gasteiger partial charge in [-0.3, -0.25) is 0 Å². The fourth-order valence-electron chi connectivity index (χ4n) is 1.86. The molecule has 2 heterocycles. The zero-order valence-corrected chi connectivity index (χ0v) is 8.60. The lowest BCUT2D eigenvalue weighted by Crippen LogP contribution is -2.45. The first-order valence-corrected chi connectivity index (χ1v) is 4.98. The van der Waals surface area contributed by atoms with Crippen molar-refractivity contribution in [2.75, 3.05) is 18.0 Å². The van der Waals surface area contributed by atoms with Crippen molar-refractivity contribution in [1.82, 2.24) is 4.98 Å². The molecule has 0 aromatic carbocycles. The Kier molecular flexibility index (Phi) is 2.68. The molecular formula is C11H15N2O. The predicted octanol–water partition coefficient (Wildman–Crippen LogP) is 1.50. The van der Waals surface area contributed by atoms with Gasteiger partial charge in [0.1, 0.15) is 5.82 Å². The molecule has 2 atom stereocenters. The van der Waals surface area contributed by atoms with Crippen LogP contribution in [0.5, 0.6) is 0 Å². The molecule has 3 nitrogen and oxygen atoms in total. The molecule has 75 valence electrons. The van der Waals surface area contributed by atoms with Crippen LogP contribution in [0.1, 0.15) is 13.8 Å². The number of anilines is 1. The van der Waals surface area contributed by atoms with Gasteiger partial charge in [0.2, 0.25) is 0 Å². The molecule has 1 fully saturated rings. The predicted molar refractivity (Wildman–Crippen MR) is 55.3 cm³/mol. The number of aromatic nitrogens is 1. The van der Waals surface area contributed by atoms with Crippen LogP contribution < -0.4 is 4.90 Å². The molecule has 3 heteroatoms. The third kappa shape index (κ3) is 2.04. The van der Waals surface area contributed by atoms with E-state index in [2.05, 4.69) is 29.8 Å². The van der Waals surface area contributed by atoms with Gasteiger partial charge in [-0.2, -0.15) is 0 Å². The molecule has 0 amide bonds. The third-order valence-electron chi connectivity index (χ3n) is 2.34. The maximum atomic E-state index is 5.66. The topological polar surface area (TPSA) is 25.4 Å². The smallest absolute Gasteiger partial charge is 0.128 e. The minimum Gasteiger partial charge on any atom is -0.372 e. The highest BCUT2D eigenvalue weighted by Gasteiger charge is 2.22. The van der Waals surface area contributed by atoms with Crippen LogP contribution in [-0.4, -0.2) is 30.3 Å². The summed E-state index contributed by atoms with van der Waals surface area (Å²) in [5.74, 6) is 1.02. The quantitative estimate of drug-likeness (QED) is 0.672. The molecule has 14 heavy (non-hydrogen) atoms. The fourth-order valence-corrected chi connectivity index (χ4v) is 1.86.